The summed E-state index contributed by atoms with van der Waals surface area (Å²) in [7, 11) is 0. The largest absolute Gasteiger partial charge is 0.327 e. The molecule has 2 N–H and O–H groups in total. The third-order valence-electron chi connectivity index (χ3n) is 3.84. The van der Waals surface area contributed by atoms with Gasteiger partial charge in [-0.1, -0.05) is 32.4 Å². The summed E-state index contributed by atoms with van der Waals surface area (Å²) in [5, 5.41) is 0. The highest BCUT2D eigenvalue weighted by molar-refractivity contribution is 5.03. The van der Waals surface area contributed by atoms with Crippen molar-refractivity contribution in [1.82, 2.24) is 0 Å². The average molecular weight is 209 g/mol. The second-order valence-corrected chi connectivity index (χ2v) is 6.19. The molecule has 88 valence electrons. The molecule has 0 atom stereocenters. The van der Waals surface area contributed by atoms with Crippen LogP contribution in [0.2, 0.25) is 0 Å². The first-order valence-corrected chi connectivity index (χ1v) is 6.31. The fourth-order valence-electron chi connectivity index (χ4n) is 2.62. The molecule has 0 bridgehead atoms. The number of rotatable bonds is 2. The Hall–Kier alpha value is -0.300. The maximum absolute atomic E-state index is 5.62. The average Bonchev–Trinajstić information content (AvgIpc) is 2.17. The first-order chi connectivity index (χ1) is 6.93. The Kier molecular flexibility index (Phi) is 4.39. The van der Waals surface area contributed by atoms with E-state index in [1.807, 2.05) is 0 Å². The van der Waals surface area contributed by atoms with E-state index in [1.165, 1.54) is 31.3 Å². The summed E-state index contributed by atoms with van der Waals surface area (Å²) in [5.41, 5.74) is 7.47. The second-order valence-electron chi connectivity index (χ2n) is 6.19. The van der Waals surface area contributed by atoms with Crippen molar-refractivity contribution >= 4 is 0 Å². The highest BCUT2D eigenvalue weighted by Crippen LogP contribution is 2.40. The highest BCUT2D eigenvalue weighted by atomic mass is 14.5. The predicted octanol–water partition coefficient (Wildman–Crippen LogP) is 3.74. The monoisotopic (exact) mass is 209 g/mol. The van der Waals surface area contributed by atoms with E-state index >= 15 is 0 Å². The summed E-state index contributed by atoms with van der Waals surface area (Å²) in [5.74, 6) is 1.72. The van der Waals surface area contributed by atoms with Crippen LogP contribution < -0.4 is 5.73 Å². The van der Waals surface area contributed by atoms with E-state index in [1.54, 1.807) is 0 Å². The zero-order valence-electron chi connectivity index (χ0n) is 10.8. The van der Waals surface area contributed by atoms with Crippen molar-refractivity contribution in [3.05, 3.63) is 11.6 Å². The van der Waals surface area contributed by atoms with Gasteiger partial charge in [-0.2, -0.15) is 0 Å². The van der Waals surface area contributed by atoms with Crippen molar-refractivity contribution < 1.29 is 0 Å². The summed E-state index contributed by atoms with van der Waals surface area (Å²) >= 11 is 0. The molecule has 0 heterocycles. The minimum absolute atomic E-state index is 0.498. The Morgan fingerprint density at radius 3 is 2.13 bits per heavy atom. The smallest absolute Gasteiger partial charge is 0.0134 e. The Balaban J connectivity index is 2.43. The first kappa shape index (κ1) is 12.8. The molecule has 15 heavy (non-hydrogen) atoms. The Bertz CT molecular complexity index is 214. The van der Waals surface area contributed by atoms with Gasteiger partial charge >= 0.3 is 0 Å². The fraction of sp³-hybridized carbons (Fsp3) is 0.857. The number of nitrogens with two attached hydrogens (primary N) is 1. The molecule has 0 unspecified atom stereocenters. The van der Waals surface area contributed by atoms with Crippen LogP contribution in [0.1, 0.15) is 53.4 Å². The van der Waals surface area contributed by atoms with E-state index in [9.17, 15) is 0 Å². The molecule has 0 amide bonds. The molecular formula is C14H27N. The van der Waals surface area contributed by atoms with E-state index in [4.69, 9.17) is 5.73 Å². The van der Waals surface area contributed by atoms with Crippen molar-refractivity contribution in [1.29, 1.82) is 0 Å². The van der Waals surface area contributed by atoms with Gasteiger partial charge in [0, 0.05) is 6.54 Å². The van der Waals surface area contributed by atoms with Crippen LogP contribution in [0.15, 0.2) is 11.6 Å². The van der Waals surface area contributed by atoms with E-state index in [2.05, 4.69) is 33.8 Å². The molecule has 1 saturated carbocycles. The minimum Gasteiger partial charge on any atom is -0.327 e. The van der Waals surface area contributed by atoms with Crippen LogP contribution in [0.4, 0.5) is 0 Å². The highest BCUT2D eigenvalue weighted by Gasteiger charge is 2.28. The van der Waals surface area contributed by atoms with Gasteiger partial charge in [-0.15, -0.1) is 0 Å². The molecule has 1 aliphatic carbocycles. The summed E-state index contributed by atoms with van der Waals surface area (Å²) in [6, 6.07) is 0. The molecule has 0 spiro atoms. The van der Waals surface area contributed by atoms with Gasteiger partial charge in [-0.25, -0.2) is 0 Å². The van der Waals surface area contributed by atoms with Gasteiger partial charge in [0.15, 0.2) is 0 Å². The molecular weight excluding hydrogens is 182 g/mol. The van der Waals surface area contributed by atoms with Gasteiger partial charge in [0.25, 0.3) is 0 Å². The third-order valence-corrected chi connectivity index (χ3v) is 3.84. The maximum atomic E-state index is 5.62. The third kappa shape index (κ3) is 3.98. The Morgan fingerprint density at radius 1 is 1.20 bits per heavy atom. The van der Waals surface area contributed by atoms with Crippen LogP contribution in [0.5, 0.6) is 0 Å². The summed E-state index contributed by atoms with van der Waals surface area (Å²) in [4.78, 5) is 0. The van der Waals surface area contributed by atoms with Gasteiger partial charge < -0.3 is 5.73 Å². The number of hydrogen-bond acceptors (Lipinski definition) is 1. The molecule has 1 heteroatoms. The van der Waals surface area contributed by atoms with E-state index < -0.39 is 0 Å². The van der Waals surface area contributed by atoms with Gasteiger partial charge in [0.1, 0.15) is 0 Å². The molecule has 1 aliphatic rings. The van der Waals surface area contributed by atoms with Crippen LogP contribution in [0, 0.1) is 17.3 Å². The van der Waals surface area contributed by atoms with Crippen molar-refractivity contribution in [3.8, 4) is 0 Å². The van der Waals surface area contributed by atoms with Crippen LogP contribution in [-0.4, -0.2) is 6.54 Å². The fourth-order valence-corrected chi connectivity index (χ4v) is 2.62. The van der Waals surface area contributed by atoms with Gasteiger partial charge in [0.05, 0.1) is 0 Å². The molecule has 0 radical (unpaired) electrons. The summed E-state index contributed by atoms with van der Waals surface area (Å²) < 4.78 is 0. The van der Waals surface area contributed by atoms with Crippen LogP contribution in [0.3, 0.4) is 0 Å². The molecule has 0 aliphatic heterocycles. The lowest BCUT2D eigenvalue weighted by Crippen LogP contribution is -2.25. The SMILES string of the molecule is CC(=CC1CCC(C(C)(C)C)CC1)CN. The zero-order valence-corrected chi connectivity index (χ0v) is 10.8. The lowest BCUT2D eigenvalue weighted by atomic mass is 9.69. The quantitative estimate of drug-likeness (QED) is 0.689. The van der Waals surface area contributed by atoms with Crippen LogP contribution in [-0.2, 0) is 0 Å². The number of allylic oxidation sites excluding steroid dienone is 1. The molecule has 0 aromatic heterocycles. The topological polar surface area (TPSA) is 26.0 Å². The van der Waals surface area contributed by atoms with Crippen molar-refractivity contribution in [2.75, 3.05) is 6.54 Å². The molecule has 1 fully saturated rings. The first-order valence-electron chi connectivity index (χ1n) is 6.31. The Labute approximate surface area is 95.1 Å². The van der Waals surface area contributed by atoms with Crippen LogP contribution >= 0.6 is 0 Å². The molecule has 1 rings (SSSR count). The minimum atomic E-state index is 0.498. The molecule has 0 aromatic carbocycles. The van der Waals surface area contributed by atoms with Crippen LogP contribution in [0.25, 0.3) is 0 Å². The zero-order chi connectivity index (χ0) is 11.5. The van der Waals surface area contributed by atoms with E-state index in [-0.39, 0.29) is 0 Å². The van der Waals surface area contributed by atoms with Crippen molar-refractivity contribution in [2.24, 2.45) is 23.0 Å². The maximum Gasteiger partial charge on any atom is 0.0134 e. The van der Waals surface area contributed by atoms with Crippen molar-refractivity contribution in [2.45, 2.75) is 53.4 Å². The summed E-state index contributed by atoms with van der Waals surface area (Å²) in [6.07, 6.45) is 7.91. The Morgan fingerprint density at radius 2 is 1.73 bits per heavy atom. The van der Waals surface area contributed by atoms with Gasteiger partial charge in [0.2, 0.25) is 0 Å². The van der Waals surface area contributed by atoms with Gasteiger partial charge in [-0.05, 0) is 49.9 Å². The number of hydrogen-bond donors (Lipinski definition) is 1. The van der Waals surface area contributed by atoms with E-state index in [0.29, 0.717) is 5.41 Å². The van der Waals surface area contributed by atoms with E-state index in [0.717, 1.165) is 18.4 Å². The normalized spacial score (nSPS) is 29.3. The standard InChI is InChI=1S/C14H27N/c1-11(10-15)9-12-5-7-13(8-6-12)14(2,3)4/h9,12-13H,5-8,10,15H2,1-4H3. The molecule has 0 saturated heterocycles. The second kappa shape index (κ2) is 5.16. The van der Waals surface area contributed by atoms with Crippen molar-refractivity contribution in [3.63, 3.8) is 0 Å². The predicted molar refractivity (Wildman–Crippen MR) is 67.7 cm³/mol. The van der Waals surface area contributed by atoms with Gasteiger partial charge in [-0.3, -0.25) is 0 Å². The molecule has 0 aromatic rings. The molecule has 1 nitrogen and oxygen atoms in total. The lowest BCUT2D eigenvalue weighted by Gasteiger charge is -2.36. The lowest BCUT2D eigenvalue weighted by molar-refractivity contribution is 0.162. The summed E-state index contributed by atoms with van der Waals surface area (Å²) in [6.45, 7) is 9.99.